The lowest BCUT2D eigenvalue weighted by Gasteiger charge is -2.20. The molecule has 0 bridgehead atoms. The molecule has 0 aromatic rings. The van der Waals surface area contributed by atoms with Gasteiger partial charge in [0.15, 0.2) is 6.10 Å². The maximum Gasteiger partial charge on any atom is 0.472 e. The largest absolute Gasteiger partial charge is 0.498 e. The zero-order chi connectivity index (χ0) is 36.1. The SMILES string of the molecule is CCCC/C=C\C/C=C\CCCCCCCC(=O)O[C@H](CO/C=C\CCCCCCCCCCCCCC)COP(=O)(O)OC[C@@H](O)CO. The molecule has 1 unspecified atom stereocenters. The number of carbonyl (C=O) groups is 1. The van der Waals surface area contributed by atoms with Gasteiger partial charge >= 0.3 is 13.8 Å². The number of hydrogen-bond donors (Lipinski definition) is 3. The number of carbonyl (C=O) groups excluding carboxylic acids is 1. The van der Waals surface area contributed by atoms with Crippen LogP contribution in [0, 0.1) is 0 Å². The van der Waals surface area contributed by atoms with Gasteiger partial charge in [-0.3, -0.25) is 13.8 Å². The number of hydrogen-bond acceptors (Lipinski definition) is 8. The highest BCUT2D eigenvalue weighted by atomic mass is 31.2. The van der Waals surface area contributed by atoms with Crippen LogP contribution in [0.3, 0.4) is 0 Å². The van der Waals surface area contributed by atoms with Crippen molar-refractivity contribution in [3.05, 3.63) is 36.6 Å². The third-order valence-corrected chi connectivity index (χ3v) is 9.09. The molecule has 0 fully saturated rings. The molecule has 0 aliphatic carbocycles. The van der Waals surface area contributed by atoms with Gasteiger partial charge in [0.1, 0.15) is 12.7 Å². The quantitative estimate of drug-likeness (QED) is 0.0189. The number of phosphoric acid groups is 1. The summed E-state index contributed by atoms with van der Waals surface area (Å²) in [5.41, 5.74) is 0. The van der Waals surface area contributed by atoms with Crippen LogP contribution in [0.5, 0.6) is 0 Å². The van der Waals surface area contributed by atoms with E-state index < -0.39 is 45.8 Å². The van der Waals surface area contributed by atoms with E-state index in [2.05, 4.69) is 38.2 Å². The van der Waals surface area contributed by atoms with E-state index in [0.29, 0.717) is 6.42 Å². The molecule has 3 N–H and O–H groups in total. The maximum absolute atomic E-state index is 12.5. The number of allylic oxidation sites excluding steroid dienone is 5. The first kappa shape index (κ1) is 47.5. The molecule has 0 aliphatic heterocycles. The number of aliphatic hydroxyl groups is 2. The normalized spacial score (nSPS) is 14.6. The van der Waals surface area contributed by atoms with Crippen molar-refractivity contribution in [2.75, 3.05) is 26.4 Å². The Balaban J connectivity index is 4.31. The molecule has 0 saturated carbocycles. The van der Waals surface area contributed by atoms with Crippen molar-refractivity contribution in [2.45, 2.75) is 180 Å². The predicted molar refractivity (Wildman–Crippen MR) is 200 cm³/mol. The molecule has 10 heteroatoms. The number of rotatable bonds is 37. The van der Waals surface area contributed by atoms with Crippen LogP contribution in [-0.2, 0) is 27.9 Å². The van der Waals surface area contributed by atoms with Crippen molar-refractivity contribution < 1.29 is 43.0 Å². The topological polar surface area (TPSA) is 132 Å². The summed E-state index contributed by atoms with van der Waals surface area (Å²) in [4.78, 5) is 22.4. The van der Waals surface area contributed by atoms with Crippen LogP contribution in [0.2, 0.25) is 0 Å². The molecule has 9 nitrogen and oxygen atoms in total. The Bertz CT molecular complexity index is 861. The van der Waals surface area contributed by atoms with E-state index in [1.807, 2.05) is 6.08 Å². The number of aliphatic hydroxyl groups excluding tert-OH is 2. The van der Waals surface area contributed by atoms with Gasteiger partial charge in [0.25, 0.3) is 0 Å². The van der Waals surface area contributed by atoms with Gasteiger partial charge in [0.2, 0.25) is 0 Å². The van der Waals surface area contributed by atoms with E-state index >= 15 is 0 Å². The Labute approximate surface area is 299 Å². The van der Waals surface area contributed by atoms with Crippen LogP contribution in [0.25, 0.3) is 0 Å². The summed E-state index contributed by atoms with van der Waals surface area (Å²) in [6, 6.07) is 0. The van der Waals surface area contributed by atoms with Crippen LogP contribution in [0.1, 0.15) is 168 Å². The molecule has 0 radical (unpaired) electrons. The van der Waals surface area contributed by atoms with Crippen molar-refractivity contribution in [1.82, 2.24) is 0 Å². The molecule has 0 aromatic carbocycles. The van der Waals surface area contributed by atoms with Gasteiger partial charge in [0.05, 0.1) is 26.1 Å². The zero-order valence-electron chi connectivity index (χ0n) is 31.2. The first-order chi connectivity index (χ1) is 23.8. The molecule has 0 saturated heterocycles. The molecule has 49 heavy (non-hydrogen) atoms. The average Bonchev–Trinajstić information content (AvgIpc) is 3.09. The second-order valence-corrected chi connectivity index (χ2v) is 14.5. The Kier molecular flexibility index (Phi) is 35.2. The van der Waals surface area contributed by atoms with Crippen LogP contribution in [-0.4, -0.2) is 59.7 Å². The molecule has 3 atom stereocenters. The maximum atomic E-state index is 12.5. The van der Waals surface area contributed by atoms with Crippen molar-refractivity contribution in [2.24, 2.45) is 0 Å². The van der Waals surface area contributed by atoms with Crippen molar-refractivity contribution in [3.8, 4) is 0 Å². The molecule has 0 aromatic heterocycles. The highest BCUT2D eigenvalue weighted by Gasteiger charge is 2.26. The van der Waals surface area contributed by atoms with E-state index in [1.165, 1.54) is 83.5 Å². The van der Waals surface area contributed by atoms with E-state index in [0.717, 1.165) is 57.8 Å². The Morgan fingerprint density at radius 3 is 1.69 bits per heavy atom. The minimum absolute atomic E-state index is 0.0397. The third-order valence-electron chi connectivity index (χ3n) is 8.14. The fourth-order valence-corrected chi connectivity index (χ4v) is 5.89. The summed E-state index contributed by atoms with van der Waals surface area (Å²) >= 11 is 0. The molecular formula is C39H73O9P. The van der Waals surface area contributed by atoms with E-state index in [1.54, 1.807) is 6.26 Å². The predicted octanol–water partition coefficient (Wildman–Crippen LogP) is 10.4. The number of esters is 1. The van der Waals surface area contributed by atoms with E-state index in [4.69, 9.17) is 23.6 Å². The first-order valence-electron chi connectivity index (χ1n) is 19.5. The molecule has 0 amide bonds. The van der Waals surface area contributed by atoms with Gasteiger partial charge in [-0.15, -0.1) is 0 Å². The van der Waals surface area contributed by atoms with Crippen molar-refractivity contribution >= 4 is 13.8 Å². The summed E-state index contributed by atoms with van der Waals surface area (Å²) in [5.74, 6) is -0.419. The van der Waals surface area contributed by atoms with E-state index in [-0.39, 0.29) is 13.0 Å². The van der Waals surface area contributed by atoms with Crippen molar-refractivity contribution in [3.63, 3.8) is 0 Å². The highest BCUT2D eigenvalue weighted by Crippen LogP contribution is 2.43. The van der Waals surface area contributed by atoms with Crippen LogP contribution in [0.4, 0.5) is 0 Å². The summed E-state index contributed by atoms with van der Waals surface area (Å²) in [6.45, 7) is 2.82. The number of ether oxygens (including phenoxy) is 2. The minimum atomic E-state index is -4.53. The smallest absolute Gasteiger partial charge is 0.472 e. The van der Waals surface area contributed by atoms with Crippen LogP contribution in [0.15, 0.2) is 36.6 Å². The van der Waals surface area contributed by atoms with Gasteiger partial charge in [0, 0.05) is 6.42 Å². The van der Waals surface area contributed by atoms with Gasteiger partial charge in [-0.1, -0.05) is 141 Å². The molecular weight excluding hydrogens is 643 g/mol. The van der Waals surface area contributed by atoms with Gasteiger partial charge in [-0.05, 0) is 51.0 Å². The fraction of sp³-hybridized carbons (Fsp3) is 0.821. The van der Waals surface area contributed by atoms with Crippen LogP contribution < -0.4 is 0 Å². The van der Waals surface area contributed by atoms with Gasteiger partial charge < -0.3 is 24.6 Å². The summed E-state index contributed by atoms with van der Waals surface area (Å²) < 4.78 is 33.0. The zero-order valence-corrected chi connectivity index (χ0v) is 32.1. The van der Waals surface area contributed by atoms with Gasteiger partial charge in [-0.2, -0.15) is 0 Å². The molecule has 0 heterocycles. The fourth-order valence-electron chi connectivity index (χ4n) is 5.10. The summed E-state index contributed by atoms with van der Waals surface area (Å²) in [5, 5.41) is 18.3. The molecule has 0 aliphatic rings. The average molecular weight is 717 g/mol. The standard InChI is InChI=1S/C39H73O9P/c1-3-5-7-9-11-13-15-17-19-21-23-25-27-29-31-39(42)48-38(36-47-49(43,44)46-34-37(41)33-40)35-45-32-30-28-26-24-22-20-18-16-14-12-10-8-6-4-2/h9,11,15,17,30,32,37-38,40-41H,3-8,10,12-14,16,18-29,31,33-36H2,1-2H3,(H,43,44)/b11-9-,17-15-,32-30-/t37-,38+/m0/s1. The first-order valence-corrected chi connectivity index (χ1v) is 21.0. The Hall–Kier alpha value is -1.48. The summed E-state index contributed by atoms with van der Waals surface area (Å²) in [7, 11) is -4.53. The van der Waals surface area contributed by atoms with Gasteiger partial charge in [-0.25, -0.2) is 4.57 Å². The second kappa shape index (κ2) is 36.3. The highest BCUT2D eigenvalue weighted by molar-refractivity contribution is 7.47. The monoisotopic (exact) mass is 716 g/mol. The van der Waals surface area contributed by atoms with E-state index in [9.17, 15) is 19.4 Å². The molecule has 0 spiro atoms. The molecule has 288 valence electrons. The minimum Gasteiger partial charge on any atom is -0.498 e. The van der Waals surface area contributed by atoms with Crippen molar-refractivity contribution in [1.29, 1.82) is 0 Å². The van der Waals surface area contributed by atoms with Crippen LogP contribution >= 0.6 is 7.82 Å². The molecule has 0 rings (SSSR count). The second-order valence-electron chi connectivity index (χ2n) is 13.0. The lowest BCUT2D eigenvalue weighted by molar-refractivity contribution is -0.153. The summed E-state index contributed by atoms with van der Waals surface area (Å²) in [6.07, 6.45) is 37.6. The number of unbranched alkanes of at least 4 members (excludes halogenated alkanes) is 19. The Morgan fingerprint density at radius 1 is 0.633 bits per heavy atom. The third kappa shape index (κ3) is 36.1. The lowest BCUT2D eigenvalue weighted by atomic mass is 10.0. The Morgan fingerprint density at radius 2 is 1.12 bits per heavy atom. The lowest BCUT2D eigenvalue weighted by Crippen LogP contribution is -2.28. The number of phosphoric ester groups is 1.